The van der Waals surface area contributed by atoms with Gasteiger partial charge in [0.1, 0.15) is 5.75 Å². The van der Waals surface area contributed by atoms with Crippen LogP contribution in [0.2, 0.25) is 0 Å². The molecule has 92 valence electrons. The van der Waals surface area contributed by atoms with Crippen LogP contribution < -0.4 is 10.1 Å². The fourth-order valence-electron chi connectivity index (χ4n) is 3.54. The van der Waals surface area contributed by atoms with Crippen molar-refractivity contribution >= 4 is 0 Å². The molecule has 0 bridgehead atoms. The van der Waals surface area contributed by atoms with Gasteiger partial charge in [0.25, 0.3) is 0 Å². The maximum atomic E-state index is 5.39. The second-order valence-corrected chi connectivity index (χ2v) is 5.47. The molecule has 3 rings (SSSR count). The lowest BCUT2D eigenvalue weighted by Crippen LogP contribution is -2.44. The molecule has 0 saturated heterocycles. The van der Waals surface area contributed by atoms with E-state index >= 15 is 0 Å². The lowest BCUT2D eigenvalue weighted by atomic mass is 9.66. The van der Waals surface area contributed by atoms with Gasteiger partial charge in [-0.15, -0.1) is 0 Å². The molecule has 2 heteroatoms. The van der Waals surface area contributed by atoms with E-state index in [1.54, 1.807) is 12.7 Å². The van der Waals surface area contributed by atoms with Crippen molar-refractivity contribution in [1.29, 1.82) is 0 Å². The predicted octanol–water partition coefficient (Wildman–Crippen LogP) is 3.00. The van der Waals surface area contributed by atoms with Gasteiger partial charge in [0, 0.05) is 18.5 Å². The molecule has 17 heavy (non-hydrogen) atoms. The highest BCUT2D eigenvalue weighted by molar-refractivity contribution is 5.43. The minimum atomic E-state index is 0.389. The predicted molar refractivity (Wildman–Crippen MR) is 69.5 cm³/mol. The van der Waals surface area contributed by atoms with E-state index in [0.717, 1.165) is 18.8 Å². The molecule has 1 saturated carbocycles. The van der Waals surface area contributed by atoms with Crippen molar-refractivity contribution in [1.82, 2.24) is 5.32 Å². The minimum absolute atomic E-state index is 0.389. The average molecular weight is 231 g/mol. The summed E-state index contributed by atoms with van der Waals surface area (Å²) in [4.78, 5) is 0. The second-order valence-electron chi connectivity index (χ2n) is 5.47. The quantitative estimate of drug-likeness (QED) is 0.802. The zero-order valence-electron chi connectivity index (χ0n) is 10.6. The molecule has 1 N–H and O–H groups in total. The Morgan fingerprint density at radius 1 is 1.18 bits per heavy atom. The maximum absolute atomic E-state index is 5.39. The molecule has 0 radical (unpaired) electrons. The number of hydrogen-bond acceptors (Lipinski definition) is 2. The van der Waals surface area contributed by atoms with E-state index in [0.29, 0.717) is 5.41 Å². The molecule has 1 aromatic rings. The van der Waals surface area contributed by atoms with Gasteiger partial charge in [-0.1, -0.05) is 25.3 Å². The SMILES string of the molecule is COc1ccc2c(c1)C1(CCCCC1)CNC2. The summed E-state index contributed by atoms with van der Waals surface area (Å²) < 4.78 is 5.39. The number of methoxy groups -OCH3 is 1. The minimum Gasteiger partial charge on any atom is -0.497 e. The third-order valence-electron chi connectivity index (χ3n) is 4.48. The first-order chi connectivity index (χ1) is 8.34. The molecule has 2 aliphatic rings. The first-order valence-electron chi connectivity index (χ1n) is 6.72. The summed E-state index contributed by atoms with van der Waals surface area (Å²) in [5.41, 5.74) is 3.41. The number of ether oxygens (including phenoxy) is 1. The Bertz CT molecular complexity index is 407. The molecule has 0 atom stereocenters. The molecule has 1 aliphatic heterocycles. The van der Waals surface area contributed by atoms with Crippen LogP contribution in [0.5, 0.6) is 5.75 Å². The van der Waals surface area contributed by atoms with Crippen molar-refractivity contribution < 1.29 is 4.74 Å². The highest BCUT2D eigenvalue weighted by Gasteiger charge is 2.37. The van der Waals surface area contributed by atoms with E-state index in [1.807, 2.05) is 0 Å². The Morgan fingerprint density at radius 2 is 2.00 bits per heavy atom. The van der Waals surface area contributed by atoms with Crippen LogP contribution in [-0.4, -0.2) is 13.7 Å². The Balaban J connectivity index is 2.04. The smallest absolute Gasteiger partial charge is 0.119 e. The molecule has 0 unspecified atom stereocenters. The fourth-order valence-corrected chi connectivity index (χ4v) is 3.54. The van der Waals surface area contributed by atoms with Gasteiger partial charge in [0.05, 0.1) is 7.11 Å². The van der Waals surface area contributed by atoms with Gasteiger partial charge in [-0.25, -0.2) is 0 Å². The van der Waals surface area contributed by atoms with Crippen LogP contribution in [0.25, 0.3) is 0 Å². The van der Waals surface area contributed by atoms with Crippen LogP contribution in [0.15, 0.2) is 18.2 Å². The van der Waals surface area contributed by atoms with Gasteiger partial charge in [0.15, 0.2) is 0 Å². The molecule has 1 spiro atoms. The van der Waals surface area contributed by atoms with Crippen LogP contribution in [0.1, 0.15) is 43.2 Å². The van der Waals surface area contributed by atoms with Crippen molar-refractivity contribution in [3.8, 4) is 5.75 Å². The lowest BCUT2D eigenvalue weighted by molar-refractivity contribution is 0.263. The first-order valence-corrected chi connectivity index (χ1v) is 6.72. The number of fused-ring (bicyclic) bond motifs is 2. The van der Waals surface area contributed by atoms with Crippen LogP contribution in [0.4, 0.5) is 0 Å². The third kappa shape index (κ3) is 1.85. The maximum Gasteiger partial charge on any atom is 0.119 e. The van der Waals surface area contributed by atoms with Gasteiger partial charge in [-0.2, -0.15) is 0 Å². The average Bonchev–Trinajstić information content (AvgIpc) is 2.40. The van der Waals surface area contributed by atoms with E-state index in [9.17, 15) is 0 Å². The summed E-state index contributed by atoms with van der Waals surface area (Å²) in [6.45, 7) is 2.16. The first kappa shape index (κ1) is 11.1. The Hall–Kier alpha value is -1.02. The number of benzene rings is 1. The topological polar surface area (TPSA) is 21.3 Å². The van der Waals surface area contributed by atoms with Gasteiger partial charge < -0.3 is 10.1 Å². The molecule has 1 aliphatic carbocycles. The van der Waals surface area contributed by atoms with Crippen molar-refractivity contribution in [2.45, 2.75) is 44.1 Å². The van der Waals surface area contributed by atoms with Crippen molar-refractivity contribution in [3.05, 3.63) is 29.3 Å². The van der Waals surface area contributed by atoms with Crippen LogP contribution in [-0.2, 0) is 12.0 Å². The molecule has 2 nitrogen and oxygen atoms in total. The number of hydrogen-bond donors (Lipinski definition) is 1. The van der Waals surface area contributed by atoms with E-state index < -0.39 is 0 Å². The summed E-state index contributed by atoms with van der Waals surface area (Å²) in [7, 11) is 1.76. The second kappa shape index (κ2) is 4.34. The van der Waals surface area contributed by atoms with E-state index in [1.165, 1.54) is 37.7 Å². The summed E-state index contributed by atoms with van der Waals surface area (Å²) in [6, 6.07) is 6.60. The van der Waals surface area contributed by atoms with E-state index in [4.69, 9.17) is 4.74 Å². The molecule has 1 aromatic carbocycles. The summed E-state index contributed by atoms with van der Waals surface area (Å²) in [6.07, 6.45) is 6.82. The number of nitrogens with one attached hydrogen (secondary N) is 1. The number of rotatable bonds is 1. The van der Waals surface area contributed by atoms with Crippen LogP contribution in [0.3, 0.4) is 0 Å². The van der Waals surface area contributed by atoms with Gasteiger partial charge in [-0.05, 0) is 36.1 Å². The Kier molecular flexibility index (Phi) is 2.83. The monoisotopic (exact) mass is 231 g/mol. The highest BCUT2D eigenvalue weighted by atomic mass is 16.5. The van der Waals surface area contributed by atoms with Gasteiger partial charge >= 0.3 is 0 Å². The Labute approximate surface area is 103 Å². The van der Waals surface area contributed by atoms with Gasteiger partial charge in [0.2, 0.25) is 0 Å². The van der Waals surface area contributed by atoms with Gasteiger partial charge in [-0.3, -0.25) is 0 Å². The summed E-state index contributed by atoms with van der Waals surface area (Å²) >= 11 is 0. The van der Waals surface area contributed by atoms with E-state index in [2.05, 4.69) is 23.5 Å². The van der Waals surface area contributed by atoms with Crippen LogP contribution >= 0.6 is 0 Å². The molecular formula is C15H21NO. The zero-order valence-corrected chi connectivity index (χ0v) is 10.6. The largest absolute Gasteiger partial charge is 0.497 e. The molecule has 0 aromatic heterocycles. The lowest BCUT2D eigenvalue weighted by Gasteiger charge is -2.42. The molecule has 1 fully saturated rings. The zero-order chi connectivity index (χ0) is 11.7. The standard InChI is InChI=1S/C15H21NO/c1-17-13-6-5-12-10-16-11-15(14(12)9-13)7-3-2-4-8-15/h5-6,9,16H,2-4,7-8,10-11H2,1H3. The normalized spacial score (nSPS) is 22.2. The highest BCUT2D eigenvalue weighted by Crippen LogP contribution is 2.43. The summed E-state index contributed by atoms with van der Waals surface area (Å²) in [5, 5.41) is 3.60. The molecule has 0 amide bonds. The third-order valence-corrected chi connectivity index (χ3v) is 4.48. The summed E-state index contributed by atoms with van der Waals surface area (Å²) in [5.74, 6) is 1.01. The van der Waals surface area contributed by atoms with Crippen molar-refractivity contribution in [2.24, 2.45) is 0 Å². The van der Waals surface area contributed by atoms with Crippen molar-refractivity contribution in [2.75, 3.05) is 13.7 Å². The molecule has 1 heterocycles. The Morgan fingerprint density at radius 3 is 2.76 bits per heavy atom. The fraction of sp³-hybridized carbons (Fsp3) is 0.600. The van der Waals surface area contributed by atoms with Crippen molar-refractivity contribution in [3.63, 3.8) is 0 Å². The van der Waals surface area contributed by atoms with E-state index in [-0.39, 0.29) is 0 Å². The molecular weight excluding hydrogens is 210 g/mol. The van der Waals surface area contributed by atoms with Crippen LogP contribution in [0, 0.1) is 0 Å².